The fourth-order valence-corrected chi connectivity index (χ4v) is 2.95. The molecule has 0 aliphatic carbocycles. The van der Waals surface area contributed by atoms with Gasteiger partial charge in [-0.3, -0.25) is 9.48 Å². The van der Waals surface area contributed by atoms with Crippen LogP contribution in [0.1, 0.15) is 56.1 Å². The van der Waals surface area contributed by atoms with E-state index in [-0.39, 0.29) is 17.4 Å². The van der Waals surface area contributed by atoms with Gasteiger partial charge in [-0.1, -0.05) is 20.8 Å². The number of amides is 1. The number of nitrogens with one attached hydrogen (secondary N) is 1. The van der Waals surface area contributed by atoms with Crippen molar-refractivity contribution in [2.75, 3.05) is 26.2 Å². The molecule has 6 heteroatoms. The number of nitrogens with zero attached hydrogens (tertiary/aromatic N) is 3. The molecule has 1 aliphatic rings. The lowest BCUT2D eigenvalue weighted by Crippen LogP contribution is -2.37. The van der Waals surface area contributed by atoms with E-state index in [1.165, 1.54) is 0 Å². The smallest absolute Gasteiger partial charge is 0.254 e. The van der Waals surface area contributed by atoms with Crippen LogP contribution >= 0.6 is 0 Å². The molecule has 2 N–H and O–H groups in total. The van der Waals surface area contributed by atoms with Crippen LogP contribution < -0.4 is 5.32 Å². The van der Waals surface area contributed by atoms with Gasteiger partial charge in [-0.05, 0) is 25.8 Å². The largest absolute Gasteiger partial charge is 0.393 e. The average molecular weight is 322 g/mol. The highest BCUT2D eigenvalue weighted by molar-refractivity contribution is 5.95. The van der Waals surface area contributed by atoms with E-state index in [1.54, 1.807) is 10.9 Å². The summed E-state index contributed by atoms with van der Waals surface area (Å²) in [7, 11) is 1.84. The van der Waals surface area contributed by atoms with Crippen molar-refractivity contribution in [2.24, 2.45) is 7.05 Å². The number of carbonyl (C=O) groups is 1. The molecule has 1 saturated heterocycles. The van der Waals surface area contributed by atoms with Crippen molar-refractivity contribution >= 4 is 5.91 Å². The lowest BCUT2D eigenvalue weighted by Gasteiger charge is -2.29. The highest BCUT2D eigenvalue weighted by atomic mass is 16.3. The van der Waals surface area contributed by atoms with Gasteiger partial charge in [0.05, 0.1) is 17.4 Å². The highest BCUT2D eigenvalue weighted by Crippen LogP contribution is 2.24. The molecule has 2 rings (SSSR count). The number of hydrogen-bond donors (Lipinski definition) is 2. The van der Waals surface area contributed by atoms with Crippen LogP contribution in [-0.4, -0.2) is 58.0 Å². The molecule has 130 valence electrons. The second kappa shape index (κ2) is 7.45. The Hall–Kier alpha value is -1.40. The van der Waals surface area contributed by atoms with Gasteiger partial charge >= 0.3 is 0 Å². The first-order chi connectivity index (χ1) is 10.8. The molecule has 1 amide bonds. The molecule has 0 radical (unpaired) electrons. The molecule has 1 aromatic rings. The van der Waals surface area contributed by atoms with Gasteiger partial charge in [0.2, 0.25) is 0 Å². The van der Waals surface area contributed by atoms with Crippen LogP contribution in [0.2, 0.25) is 0 Å². The van der Waals surface area contributed by atoms with Crippen LogP contribution in [0.15, 0.2) is 6.20 Å². The van der Waals surface area contributed by atoms with Crippen molar-refractivity contribution in [3.05, 3.63) is 17.5 Å². The van der Waals surface area contributed by atoms with Crippen LogP contribution in [-0.2, 0) is 12.5 Å². The van der Waals surface area contributed by atoms with E-state index >= 15 is 0 Å². The molecule has 1 fully saturated rings. The Morgan fingerprint density at radius 1 is 1.39 bits per heavy atom. The van der Waals surface area contributed by atoms with E-state index in [1.807, 2.05) is 7.05 Å². The van der Waals surface area contributed by atoms with Gasteiger partial charge < -0.3 is 15.3 Å². The summed E-state index contributed by atoms with van der Waals surface area (Å²) in [5.74, 6) is -0.0444. The quantitative estimate of drug-likeness (QED) is 0.802. The number of aryl methyl sites for hydroxylation is 1. The second-order valence-electron chi connectivity index (χ2n) is 7.50. The Morgan fingerprint density at radius 3 is 2.65 bits per heavy atom. The first-order valence-electron chi connectivity index (χ1n) is 8.50. The summed E-state index contributed by atoms with van der Waals surface area (Å²) in [4.78, 5) is 14.8. The van der Waals surface area contributed by atoms with E-state index in [2.05, 4.69) is 36.1 Å². The number of hydrogen-bond acceptors (Lipinski definition) is 4. The minimum absolute atomic E-state index is 0.0444. The van der Waals surface area contributed by atoms with Crippen LogP contribution in [0.5, 0.6) is 0 Å². The van der Waals surface area contributed by atoms with E-state index < -0.39 is 0 Å². The lowest BCUT2D eigenvalue weighted by atomic mass is 9.89. The maximum absolute atomic E-state index is 12.4. The Labute approximate surface area is 138 Å². The van der Waals surface area contributed by atoms with Gasteiger partial charge in [-0.25, -0.2) is 0 Å². The molecule has 23 heavy (non-hydrogen) atoms. The van der Waals surface area contributed by atoms with Crippen molar-refractivity contribution in [3.63, 3.8) is 0 Å². The molecule has 0 unspecified atom stereocenters. The molecule has 0 spiro atoms. The third-order valence-corrected chi connectivity index (χ3v) is 4.28. The maximum atomic E-state index is 12.4. The third kappa shape index (κ3) is 5.04. The minimum Gasteiger partial charge on any atom is -0.393 e. The molecule has 2 heterocycles. The molecule has 6 nitrogen and oxygen atoms in total. The maximum Gasteiger partial charge on any atom is 0.254 e. The summed E-state index contributed by atoms with van der Waals surface area (Å²) in [6.45, 7) is 9.73. The molecule has 0 aromatic carbocycles. The topological polar surface area (TPSA) is 70.4 Å². The molecule has 1 aromatic heterocycles. The third-order valence-electron chi connectivity index (χ3n) is 4.28. The van der Waals surface area contributed by atoms with Crippen molar-refractivity contribution in [1.82, 2.24) is 20.0 Å². The summed E-state index contributed by atoms with van der Waals surface area (Å²) in [6, 6.07) is 0. The average Bonchev–Trinajstić information content (AvgIpc) is 2.87. The first kappa shape index (κ1) is 17.9. The molecule has 1 aliphatic heterocycles. The normalized spacial score (nSPS) is 17.4. The first-order valence-corrected chi connectivity index (χ1v) is 8.50. The van der Waals surface area contributed by atoms with Crippen LogP contribution in [0.3, 0.4) is 0 Å². The summed E-state index contributed by atoms with van der Waals surface area (Å²) in [5.41, 5.74) is 1.35. The number of piperidine rings is 1. The van der Waals surface area contributed by atoms with Gasteiger partial charge in [-0.15, -0.1) is 0 Å². The zero-order valence-corrected chi connectivity index (χ0v) is 14.8. The fourth-order valence-electron chi connectivity index (χ4n) is 2.95. The Bertz CT molecular complexity index is 525. The lowest BCUT2D eigenvalue weighted by molar-refractivity contribution is 0.0816. The van der Waals surface area contributed by atoms with E-state index in [0.29, 0.717) is 12.1 Å². The van der Waals surface area contributed by atoms with Gasteiger partial charge in [0.1, 0.15) is 0 Å². The number of aliphatic hydroxyl groups is 1. The van der Waals surface area contributed by atoms with Gasteiger partial charge in [-0.2, -0.15) is 5.10 Å². The van der Waals surface area contributed by atoms with Crippen molar-refractivity contribution < 1.29 is 9.90 Å². The second-order valence-corrected chi connectivity index (χ2v) is 7.50. The highest BCUT2D eigenvalue weighted by Gasteiger charge is 2.25. The SMILES string of the molecule is Cn1cc(C(=O)NCCCN2CCC(O)CC2)c(C(C)(C)C)n1. The monoisotopic (exact) mass is 322 g/mol. The number of likely N-dealkylation sites (tertiary alicyclic amines) is 1. The van der Waals surface area contributed by atoms with Crippen LogP contribution in [0, 0.1) is 0 Å². The van der Waals surface area contributed by atoms with Crippen LogP contribution in [0.25, 0.3) is 0 Å². The summed E-state index contributed by atoms with van der Waals surface area (Å²) >= 11 is 0. The summed E-state index contributed by atoms with van der Waals surface area (Å²) < 4.78 is 1.70. The Kier molecular flexibility index (Phi) is 5.81. The number of rotatable bonds is 5. The number of aliphatic hydroxyl groups excluding tert-OH is 1. The zero-order valence-electron chi connectivity index (χ0n) is 14.8. The number of carbonyl (C=O) groups excluding carboxylic acids is 1. The Balaban J connectivity index is 1.79. The predicted molar refractivity (Wildman–Crippen MR) is 90.5 cm³/mol. The van der Waals surface area contributed by atoms with E-state index in [4.69, 9.17) is 0 Å². The predicted octanol–water partition coefficient (Wildman–Crippen LogP) is 1.29. The van der Waals surface area contributed by atoms with Crippen molar-refractivity contribution in [2.45, 2.75) is 51.6 Å². The summed E-state index contributed by atoms with van der Waals surface area (Å²) in [5, 5.41) is 16.9. The molecular formula is C17H30N4O2. The number of aromatic nitrogens is 2. The molecule has 0 atom stereocenters. The Morgan fingerprint density at radius 2 is 2.04 bits per heavy atom. The molecule has 0 saturated carbocycles. The van der Waals surface area contributed by atoms with E-state index in [9.17, 15) is 9.90 Å². The zero-order chi connectivity index (χ0) is 17.0. The fraction of sp³-hybridized carbons (Fsp3) is 0.765. The standard InChI is InChI=1S/C17H30N4O2/c1-17(2,3)15-14(12-20(4)19-15)16(23)18-8-5-9-21-10-6-13(22)7-11-21/h12-13,22H,5-11H2,1-4H3,(H,18,23). The summed E-state index contributed by atoms with van der Waals surface area (Å²) in [6.07, 6.45) is 4.30. The van der Waals surface area contributed by atoms with Crippen molar-refractivity contribution in [1.29, 1.82) is 0 Å². The molecular weight excluding hydrogens is 292 g/mol. The van der Waals surface area contributed by atoms with Gasteiger partial charge in [0.25, 0.3) is 5.91 Å². The van der Waals surface area contributed by atoms with Gasteiger partial charge in [0, 0.05) is 38.3 Å². The molecule has 0 bridgehead atoms. The van der Waals surface area contributed by atoms with E-state index in [0.717, 1.165) is 44.6 Å². The van der Waals surface area contributed by atoms with Crippen LogP contribution in [0.4, 0.5) is 0 Å². The minimum atomic E-state index is -0.150. The van der Waals surface area contributed by atoms with Crippen molar-refractivity contribution in [3.8, 4) is 0 Å². The van der Waals surface area contributed by atoms with Gasteiger partial charge in [0.15, 0.2) is 0 Å².